The van der Waals surface area contributed by atoms with Gasteiger partial charge in [-0.3, -0.25) is 0 Å². The van der Waals surface area contributed by atoms with E-state index in [0.29, 0.717) is 29.4 Å². The fourth-order valence-electron chi connectivity index (χ4n) is 2.44. The lowest BCUT2D eigenvalue weighted by Crippen LogP contribution is -2.28. The van der Waals surface area contributed by atoms with Crippen molar-refractivity contribution in [1.82, 2.24) is 5.32 Å². The molecule has 4 heteroatoms. The van der Waals surface area contributed by atoms with Gasteiger partial charge in [-0.05, 0) is 37.1 Å². The molecule has 0 aromatic rings. The highest BCUT2D eigenvalue weighted by Crippen LogP contribution is 2.26. The topological polar surface area (TPSA) is 46.2 Å². The molecule has 1 saturated carbocycles. The Hall–Kier alpha value is -0.0900. The van der Waals surface area contributed by atoms with Crippen LogP contribution >= 0.6 is 0 Å². The summed E-state index contributed by atoms with van der Waals surface area (Å²) >= 11 is 0. The lowest BCUT2D eigenvalue weighted by atomic mass is 9.92. The summed E-state index contributed by atoms with van der Waals surface area (Å²) in [6.45, 7) is 8.11. The van der Waals surface area contributed by atoms with Gasteiger partial charge in [0.15, 0.2) is 9.84 Å². The van der Waals surface area contributed by atoms with E-state index in [9.17, 15) is 8.42 Å². The van der Waals surface area contributed by atoms with Crippen LogP contribution in [0.4, 0.5) is 0 Å². The van der Waals surface area contributed by atoms with E-state index in [1.54, 1.807) is 0 Å². The van der Waals surface area contributed by atoms with Gasteiger partial charge < -0.3 is 5.32 Å². The summed E-state index contributed by atoms with van der Waals surface area (Å²) in [5, 5.41) is 3.24. The zero-order valence-electron chi connectivity index (χ0n) is 12.2. The molecule has 108 valence electrons. The normalized spacial score (nSPS) is 18.4. The van der Waals surface area contributed by atoms with Crippen LogP contribution in [0.15, 0.2) is 0 Å². The van der Waals surface area contributed by atoms with Crippen molar-refractivity contribution in [2.45, 2.75) is 52.9 Å². The minimum absolute atomic E-state index is 0.299. The zero-order chi connectivity index (χ0) is 13.6. The predicted octanol–water partition coefficient (Wildman–Crippen LogP) is 2.62. The molecule has 0 saturated heterocycles. The molecule has 1 aliphatic rings. The number of sulfone groups is 1. The zero-order valence-corrected chi connectivity index (χ0v) is 13.0. The summed E-state index contributed by atoms with van der Waals surface area (Å²) < 4.78 is 23.8. The molecule has 0 aliphatic heterocycles. The molecule has 3 nitrogen and oxygen atoms in total. The Morgan fingerprint density at radius 2 is 1.72 bits per heavy atom. The third-order valence-electron chi connectivity index (χ3n) is 3.61. The van der Waals surface area contributed by atoms with Crippen molar-refractivity contribution in [1.29, 1.82) is 0 Å². The summed E-state index contributed by atoms with van der Waals surface area (Å²) in [5.41, 5.74) is 0.315. The van der Waals surface area contributed by atoms with E-state index in [1.165, 1.54) is 12.8 Å². The Labute approximate surface area is 113 Å². The van der Waals surface area contributed by atoms with Crippen molar-refractivity contribution in [2.75, 3.05) is 24.6 Å². The van der Waals surface area contributed by atoms with Gasteiger partial charge in [-0.25, -0.2) is 8.42 Å². The van der Waals surface area contributed by atoms with Gasteiger partial charge in [-0.2, -0.15) is 0 Å². The van der Waals surface area contributed by atoms with Crippen molar-refractivity contribution in [3.8, 4) is 0 Å². The van der Waals surface area contributed by atoms with E-state index < -0.39 is 9.84 Å². The lowest BCUT2D eigenvalue weighted by Gasteiger charge is -2.18. The van der Waals surface area contributed by atoms with Crippen LogP contribution in [0.5, 0.6) is 0 Å². The maximum atomic E-state index is 11.9. The maximum Gasteiger partial charge on any atom is 0.151 e. The minimum atomic E-state index is -2.84. The Kier molecular flexibility index (Phi) is 6.12. The second-order valence-electron chi connectivity index (χ2n) is 6.83. The van der Waals surface area contributed by atoms with Crippen molar-refractivity contribution in [3.63, 3.8) is 0 Å². The molecule has 1 aliphatic carbocycles. The van der Waals surface area contributed by atoms with E-state index in [4.69, 9.17) is 0 Å². The van der Waals surface area contributed by atoms with Gasteiger partial charge in [0.25, 0.3) is 0 Å². The van der Waals surface area contributed by atoms with E-state index in [-0.39, 0.29) is 0 Å². The fraction of sp³-hybridized carbons (Fsp3) is 1.00. The molecule has 0 aromatic carbocycles. The summed E-state index contributed by atoms with van der Waals surface area (Å²) in [6, 6.07) is 0. The number of hydrogen-bond acceptors (Lipinski definition) is 3. The van der Waals surface area contributed by atoms with Crippen LogP contribution in [-0.2, 0) is 9.84 Å². The predicted molar refractivity (Wildman–Crippen MR) is 77.6 cm³/mol. The van der Waals surface area contributed by atoms with E-state index >= 15 is 0 Å². The number of hydrogen-bond donors (Lipinski definition) is 1. The van der Waals surface area contributed by atoms with Gasteiger partial charge in [-0.15, -0.1) is 0 Å². The SMILES string of the molecule is CC(C)(C)CCNCCS(=O)(=O)CC1CCCC1. The van der Waals surface area contributed by atoms with Crippen LogP contribution in [0.2, 0.25) is 0 Å². The number of rotatable bonds is 7. The standard InChI is InChI=1S/C14H29NO2S/c1-14(2,3)8-9-15-10-11-18(16,17)12-13-6-4-5-7-13/h13,15H,4-12H2,1-3H3. The van der Waals surface area contributed by atoms with Gasteiger partial charge in [0.05, 0.1) is 11.5 Å². The second kappa shape index (κ2) is 6.90. The first-order valence-corrected chi connectivity index (χ1v) is 9.02. The highest BCUT2D eigenvalue weighted by Gasteiger charge is 2.22. The van der Waals surface area contributed by atoms with Crippen molar-refractivity contribution < 1.29 is 8.42 Å². The van der Waals surface area contributed by atoms with Crippen LogP contribution in [-0.4, -0.2) is 33.0 Å². The smallest absolute Gasteiger partial charge is 0.151 e. The van der Waals surface area contributed by atoms with Crippen molar-refractivity contribution >= 4 is 9.84 Å². The van der Waals surface area contributed by atoms with Gasteiger partial charge in [-0.1, -0.05) is 33.6 Å². The van der Waals surface area contributed by atoms with E-state index in [0.717, 1.165) is 25.8 Å². The third kappa shape index (κ3) is 7.37. The largest absolute Gasteiger partial charge is 0.316 e. The van der Waals surface area contributed by atoms with Crippen LogP contribution in [0.3, 0.4) is 0 Å². The Bertz CT molecular complexity index is 324. The van der Waals surface area contributed by atoms with Crippen molar-refractivity contribution in [2.24, 2.45) is 11.3 Å². The van der Waals surface area contributed by atoms with Crippen LogP contribution in [0.25, 0.3) is 0 Å². The summed E-state index contributed by atoms with van der Waals surface area (Å²) in [4.78, 5) is 0. The first kappa shape index (κ1) is 16.0. The summed E-state index contributed by atoms with van der Waals surface area (Å²) in [6.07, 6.45) is 5.72. The highest BCUT2D eigenvalue weighted by atomic mass is 32.2. The quantitative estimate of drug-likeness (QED) is 0.727. The minimum Gasteiger partial charge on any atom is -0.316 e. The molecule has 0 radical (unpaired) electrons. The van der Waals surface area contributed by atoms with E-state index in [1.807, 2.05) is 0 Å². The summed E-state index contributed by atoms with van der Waals surface area (Å²) in [7, 11) is -2.84. The Balaban J connectivity index is 2.13. The molecule has 0 bridgehead atoms. The average molecular weight is 275 g/mol. The molecule has 0 unspecified atom stereocenters. The molecular formula is C14H29NO2S. The molecule has 1 rings (SSSR count). The molecule has 0 aromatic heterocycles. The first-order valence-electron chi connectivity index (χ1n) is 7.20. The number of nitrogens with one attached hydrogen (secondary N) is 1. The molecule has 1 fully saturated rings. The Morgan fingerprint density at radius 1 is 1.11 bits per heavy atom. The monoisotopic (exact) mass is 275 g/mol. The second-order valence-corrected chi connectivity index (χ2v) is 9.05. The summed E-state index contributed by atoms with van der Waals surface area (Å²) in [5.74, 6) is 1.14. The van der Waals surface area contributed by atoms with Gasteiger partial charge in [0.2, 0.25) is 0 Å². The molecular weight excluding hydrogens is 246 g/mol. The molecule has 0 heterocycles. The van der Waals surface area contributed by atoms with Crippen LogP contribution < -0.4 is 5.32 Å². The van der Waals surface area contributed by atoms with Crippen LogP contribution in [0, 0.1) is 11.3 Å². The fourth-order valence-corrected chi connectivity index (χ4v) is 4.11. The van der Waals surface area contributed by atoms with Crippen molar-refractivity contribution in [3.05, 3.63) is 0 Å². The highest BCUT2D eigenvalue weighted by molar-refractivity contribution is 7.91. The third-order valence-corrected chi connectivity index (χ3v) is 5.41. The first-order chi connectivity index (χ1) is 8.29. The van der Waals surface area contributed by atoms with Gasteiger partial charge in [0, 0.05) is 6.54 Å². The molecule has 18 heavy (non-hydrogen) atoms. The van der Waals surface area contributed by atoms with Gasteiger partial charge in [0.1, 0.15) is 0 Å². The van der Waals surface area contributed by atoms with Crippen LogP contribution in [0.1, 0.15) is 52.9 Å². The molecule has 1 N–H and O–H groups in total. The van der Waals surface area contributed by atoms with E-state index in [2.05, 4.69) is 26.1 Å². The van der Waals surface area contributed by atoms with Gasteiger partial charge >= 0.3 is 0 Å². The maximum absolute atomic E-state index is 11.9. The average Bonchev–Trinajstić information content (AvgIpc) is 2.67. The Morgan fingerprint density at radius 3 is 2.28 bits per heavy atom. The molecule has 0 amide bonds. The molecule has 0 spiro atoms. The lowest BCUT2D eigenvalue weighted by molar-refractivity contribution is 0.369. The molecule has 0 atom stereocenters.